The van der Waals surface area contributed by atoms with Crippen molar-refractivity contribution in [3.05, 3.63) is 76.7 Å². The van der Waals surface area contributed by atoms with Crippen molar-refractivity contribution in [2.45, 2.75) is 71.0 Å². The largest absolute Gasteiger partial charge is 0.469 e. The average molecular weight is 638 g/mol. The van der Waals surface area contributed by atoms with Crippen LogP contribution in [0.3, 0.4) is 0 Å². The van der Waals surface area contributed by atoms with Gasteiger partial charge in [-0.1, -0.05) is 31.2 Å². The number of thioether (sulfide) groups is 1. The number of benzene rings is 1. The van der Waals surface area contributed by atoms with Crippen molar-refractivity contribution in [3.63, 3.8) is 0 Å². The van der Waals surface area contributed by atoms with E-state index in [2.05, 4.69) is 13.0 Å². The Labute approximate surface area is 267 Å². The van der Waals surface area contributed by atoms with Gasteiger partial charge in [0.25, 0.3) is 0 Å². The van der Waals surface area contributed by atoms with E-state index in [0.29, 0.717) is 31.4 Å². The van der Waals surface area contributed by atoms with Gasteiger partial charge in [0.2, 0.25) is 5.12 Å². The number of nitrogens with one attached hydrogen (secondary N) is 1. The minimum atomic E-state index is -1.45. The molecule has 6 rings (SSSR count). The second kappa shape index (κ2) is 12.0. The predicted octanol–water partition coefficient (Wildman–Crippen LogP) is 5.22. The van der Waals surface area contributed by atoms with Crippen LogP contribution in [-0.2, 0) is 9.53 Å². The fourth-order valence-electron chi connectivity index (χ4n) is 9.33. The number of carbonyl (C=O) groups is 2. The number of quaternary nitrogens is 1. The Morgan fingerprint density at radius 1 is 1.22 bits per heavy atom. The fourth-order valence-corrected chi connectivity index (χ4v) is 10.2. The summed E-state index contributed by atoms with van der Waals surface area (Å²) in [6.45, 7) is 5.71. The van der Waals surface area contributed by atoms with Gasteiger partial charge in [-0.05, 0) is 92.9 Å². The van der Waals surface area contributed by atoms with E-state index >= 15 is 0 Å². The van der Waals surface area contributed by atoms with Crippen molar-refractivity contribution in [2.75, 3.05) is 12.4 Å². The number of aliphatic hydroxyl groups is 2. The summed E-state index contributed by atoms with van der Waals surface area (Å²) in [5, 5.41) is 31.6. The highest BCUT2D eigenvalue weighted by Crippen LogP contribution is 2.69. The smallest absolute Gasteiger partial charge is 0.342 e. The lowest BCUT2D eigenvalue weighted by Crippen LogP contribution is -2.76. The molecule has 8 nitrogen and oxygen atoms in total. The molecule has 0 saturated heterocycles. The van der Waals surface area contributed by atoms with Crippen molar-refractivity contribution in [1.82, 2.24) is 0 Å². The van der Waals surface area contributed by atoms with Crippen LogP contribution in [0.4, 0.5) is 10.1 Å². The Bertz CT molecular complexity index is 1570. The van der Waals surface area contributed by atoms with Gasteiger partial charge in [-0.2, -0.15) is 0 Å². The molecule has 2 aromatic rings. The van der Waals surface area contributed by atoms with Crippen molar-refractivity contribution in [1.29, 1.82) is 5.41 Å². The lowest BCUT2D eigenvalue weighted by Gasteiger charge is -2.60. The zero-order valence-electron chi connectivity index (χ0n) is 26.0. The molecule has 10 heteroatoms. The number of ether oxygens (including phenoxy) is 1. The summed E-state index contributed by atoms with van der Waals surface area (Å²) in [6, 6.07) is 7.86. The second-order valence-corrected chi connectivity index (χ2v) is 14.7. The molecule has 0 amide bonds. The summed E-state index contributed by atoms with van der Waals surface area (Å²) in [4.78, 5) is 27.5. The monoisotopic (exact) mass is 637 g/mol. The molecular formula is C35H42FN2O6S+. The topological polar surface area (TPSA) is 137 Å². The van der Waals surface area contributed by atoms with Crippen LogP contribution >= 0.6 is 11.8 Å². The molecule has 0 spiro atoms. The molecule has 4 aliphatic carbocycles. The zero-order chi connectivity index (χ0) is 32.1. The standard InChI is InChI=1S/C35H41FN2O6S/c1-20-25(11-14-43-20)31(41)44-35(32(42)45-15-13-39)12-10-27-26-9-4-22-16-28(38-24-7-5-23(36)6-8-24)21(19-37)17-33(22,2)30(26)29(40)18-34(27,35)3/h5-8,11,14,16,19,26-27,29-30,37-40H,4,9-10,12-13,15,17-18H2,1-3H3/p+1/t26-,27?,29-,30?,33-,34-,35-/m0/s1. The van der Waals surface area contributed by atoms with Gasteiger partial charge < -0.3 is 24.8 Å². The van der Waals surface area contributed by atoms with Crippen molar-refractivity contribution < 1.29 is 38.7 Å². The molecule has 240 valence electrons. The number of halogens is 1. The van der Waals surface area contributed by atoms with Gasteiger partial charge in [0.1, 0.15) is 28.5 Å². The molecule has 0 radical (unpaired) electrons. The van der Waals surface area contributed by atoms with Crippen LogP contribution in [-0.4, -0.2) is 51.6 Å². The third-order valence-electron chi connectivity index (χ3n) is 11.4. The third-order valence-corrected chi connectivity index (χ3v) is 12.4. The molecule has 1 aromatic carbocycles. The molecular weight excluding hydrogens is 595 g/mol. The van der Waals surface area contributed by atoms with Gasteiger partial charge in [-0.15, -0.1) is 0 Å². The van der Waals surface area contributed by atoms with E-state index < -0.39 is 23.1 Å². The lowest BCUT2D eigenvalue weighted by atomic mass is 9.45. The number of carbonyl (C=O) groups excluding carboxylic acids is 2. The molecule has 3 fully saturated rings. The Morgan fingerprint density at radius 3 is 2.64 bits per heavy atom. The molecule has 0 bridgehead atoms. The molecule has 2 unspecified atom stereocenters. The summed E-state index contributed by atoms with van der Waals surface area (Å²) in [5.74, 6) is -0.284. The van der Waals surface area contributed by atoms with E-state index in [4.69, 9.17) is 14.6 Å². The Kier molecular flexibility index (Phi) is 8.48. The number of furan rings is 1. The maximum Gasteiger partial charge on any atom is 0.342 e. The first-order valence-corrected chi connectivity index (χ1v) is 16.7. The van der Waals surface area contributed by atoms with E-state index in [9.17, 15) is 24.2 Å². The van der Waals surface area contributed by atoms with Crippen molar-refractivity contribution >= 4 is 34.7 Å². The zero-order valence-corrected chi connectivity index (χ0v) is 26.8. The Hall–Kier alpha value is -3.05. The number of aliphatic hydroxyl groups excluding tert-OH is 2. The number of allylic oxidation sites excluding steroid dienone is 3. The third kappa shape index (κ3) is 5.14. The van der Waals surface area contributed by atoms with Crippen molar-refractivity contribution in [2.24, 2.45) is 28.6 Å². The first-order chi connectivity index (χ1) is 21.5. The number of nitrogens with two attached hydrogens (primary N) is 1. The second-order valence-electron chi connectivity index (χ2n) is 13.6. The molecule has 0 aliphatic heterocycles. The van der Waals surface area contributed by atoms with Gasteiger partial charge in [0, 0.05) is 35.1 Å². The average Bonchev–Trinajstić information content (AvgIpc) is 3.57. The summed E-state index contributed by atoms with van der Waals surface area (Å²) < 4.78 is 25.2. The molecule has 5 N–H and O–H groups in total. The van der Waals surface area contributed by atoms with Crippen LogP contribution in [0, 0.1) is 46.7 Å². The van der Waals surface area contributed by atoms with E-state index in [0.717, 1.165) is 41.6 Å². The van der Waals surface area contributed by atoms with Gasteiger partial charge >= 0.3 is 5.97 Å². The summed E-state index contributed by atoms with van der Waals surface area (Å²) >= 11 is 0.988. The normalized spacial score (nSPS) is 34.0. The van der Waals surface area contributed by atoms with Crippen LogP contribution < -0.4 is 5.32 Å². The van der Waals surface area contributed by atoms with Crippen LogP contribution in [0.2, 0.25) is 0 Å². The molecule has 45 heavy (non-hydrogen) atoms. The highest BCUT2D eigenvalue weighted by molar-refractivity contribution is 8.13. The molecule has 1 aromatic heterocycles. The van der Waals surface area contributed by atoms with Crippen molar-refractivity contribution in [3.8, 4) is 0 Å². The number of esters is 1. The molecule has 4 aliphatic rings. The van der Waals surface area contributed by atoms with Crippen LogP contribution in [0.1, 0.15) is 68.5 Å². The molecule has 7 atom stereocenters. The number of hydrogen-bond acceptors (Lipinski definition) is 8. The Balaban J connectivity index is 1.33. The van der Waals surface area contributed by atoms with E-state index in [-0.39, 0.29) is 52.0 Å². The summed E-state index contributed by atoms with van der Waals surface area (Å²) in [7, 11) is 0. The number of rotatable bonds is 8. The predicted molar refractivity (Wildman–Crippen MR) is 168 cm³/mol. The first-order valence-electron chi connectivity index (χ1n) is 15.8. The van der Waals surface area contributed by atoms with E-state index in [1.54, 1.807) is 25.1 Å². The minimum absolute atomic E-state index is 0.0285. The summed E-state index contributed by atoms with van der Waals surface area (Å²) in [6.07, 6.45) is 7.79. The first kappa shape index (κ1) is 31.9. The number of aryl methyl sites for hydroxylation is 1. The van der Waals surface area contributed by atoms with E-state index in [1.807, 2.05) is 12.2 Å². The van der Waals surface area contributed by atoms with Gasteiger partial charge in [0.05, 0.1) is 19.0 Å². The SMILES string of the molecule is Cc1occc1C(=O)O[C@]1(C(=O)SCCO)CCC2[C@@H]3CCC4=CC([NH2+]c5ccc(F)cc5)=C(C=N)C[C@]4(C)C3[C@@H](O)C[C@@]21C. The maximum absolute atomic E-state index is 14.0. The molecule has 1 heterocycles. The van der Waals surface area contributed by atoms with Crippen LogP contribution in [0.25, 0.3) is 0 Å². The molecule has 3 saturated carbocycles. The highest BCUT2D eigenvalue weighted by Gasteiger charge is 2.70. The van der Waals surface area contributed by atoms with Gasteiger partial charge in [-0.3, -0.25) is 10.1 Å². The highest BCUT2D eigenvalue weighted by atomic mass is 32.2. The van der Waals surface area contributed by atoms with E-state index in [1.165, 1.54) is 30.2 Å². The van der Waals surface area contributed by atoms with Crippen LogP contribution in [0.5, 0.6) is 0 Å². The number of fused-ring (bicyclic) bond motifs is 5. The summed E-state index contributed by atoms with van der Waals surface area (Å²) in [5.41, 5.74) is 1.53. The minimum Gasteiger partial charge on any atom is -0.469 e. The lowest BCUT2D eigenvalue weighted by molar-refractivity contribution is -0.513. The quantitative estimate of drug-likeness (QED) is 0.177. The van der Waals surface area contributed by atoms with Gasteiger partial charge in [-0.25, -0.2) is 9.18 Å². The fraction of sp³-hybridized carbons (Fsp3) is 0.514. The maximum atomic E-state index is 14.0. The Morgan fingerprint density at radius 2 is 1.98 bits per heavy atom. The number of hydrogen-bond donors (Lipinski definition) is 4. The van der Waals surface area contributed by atoms with Gasteiger partial charge in [0.15, 0.2) is 5.60 Å². The van der Waals surface area contributed by atoms with Crippen LogP contribution in [0.15, 0.2) is 63.9 Å².